The number of amides is 2. The van der Waals surface area contributed by atoms with Crippen LogP contribution in [0.2, 0.25) is 0 Å². The molecule has 0 saturated carbocycles. The van der Waals surface area contributed by atoms with Crippen LogP contribution in [0.25, 0.3) is 0 Å². The maximum Gasteiger partial charge on any atom is 0.325 e. The van der Waals surface area contributed by atoms with E-state index < -0.39 is 5.97 Å². The number of esters is 1. The molecule has 0 bridgehead atoms. The van der Waals surface area contributed by atoms with Crippen molar-refractivity contribution in [2.24, 2.45) is 0 Å². The van der Waals surface area contributed by atoms with Crippen molar-refractivity contribution >= 4 is 23.8 Å². The van der Waals surface area contributed by atoms with Gasteiger partial charge in [-0.2, -0.15) is 0 Å². The fourth-order valence-electron chi connectivity index (χ4n) is 2.04. The van der Waals surface area contributed by atoms with E-state index in [-0.39, 0.29) is 30.4 Å². The molecule has 1 aliphatic heterocycles. The topological polar surface area (TPSA) is 58.6 Å². The highest BCUT2D eigenvalue weighted by atomic mass is 32.2. The number of benzene rings is 1. The number of carbonyl (C=O) groups excluding carboxylic acids is 2. The second-order valence-corrected chi connectivity index (χ2v) is 5.62. The lowest BCUT2D eigenvalue weighted by atomic mass is 10.2. The number of nitrogens with zero attached hydrogens (tertiary/aromatic N) is 1. The van der Waals surface area contributed by atoms with Gasteiger partial charge in [-0.1, -0.05) is 12.1 Å². The largest absolute Gasteiger partial charge is 0.465 e. The van der Waals surface area contributed by atoms with Gasteiger partial charge in [0.05, 0.1) is 6.61 Å². The Morgan fingerprint density at radius 3 is 2.81 bits per heavy atom. The molecule has 1 aromatic carbocycles. The van der Waals surface area contributed by atoms with E-state index in [1.54, 1.807) is 35.7 Å². The predicted molar refractivity (Wildman–Crippen MR) is 78.3 cm³/mol. The number of urea groups is 1. The Kier molecular flexibility index (Phi) is 5.44. The lowest BCUT2D eigenvalue weighted by Gasteiger charge is -2.24. The van der Waals surface area contributed by atoms with Gasteiger partial charge in [0, 0.05) is 12.3 Å². The van der Waals surface area contributed by atoms with Crippen LogP contribution in [-0.2, 0) is 9.53 Å². The third kappa shape index (κ3) is 4.10. The highest BCUT2D eigenvalue weighted by Gasteiger charge is 2.30. The number of hydrogen-bond donors (Lipinski definition) is 1. The maximum absolute atomic E-state index is 13.0. The van der Waals surface area contributed by atoms with Gasteiger partial charge in [0.2, 0.25) is 0 Å². The molecule has 114 valence electrons. The fraction of sp³-hybridized carbons (Fsp3) is 0.429. The average Bonchev–Trinajstić information content (AvgIpc) is 2.95. The van der Waals surface area contributed by atoms with E-state index in [4.69, 9.17) is 4.74 Å². The average molecular weight is 312 g/mol. The summed E-state index contributed by atoms with van der Waals surface area (Å²) in [6.07, 6.45) is 0. The number of carbonyl (C=O) groups is 2. The van der Waals surface area contributed by atoms with Crippen LogP contribution in [0.1, 0.15) is 17.9 Å². The smallest absolute Gasteiger partial charge is 0.325 e. The number of thioether (sulfide) groups is 1. The van der Waals surface area contributed by atoms with Crippen LogP contribution >= 0.6 is 11.8 Å². The normalized spacial score (nSPS) is 17.6. The molecule has 0 aliphatic carbocycles. The van der Waals surface area contributed by atoms with Gasteiger partial charge < -0.3 is 15.0 Å². The van der Waals surface area contributed by atoms with Crippen LogP contribution in [0.4, 0.5) is 9.18 Å². The second kappa shape index (κ2) is 7.31. The first-order valence-electron chi connectivity index (χ1n) is 6.69. The van der Waals surface area contributed by atoms with Gasteiger partial charge in [0.25, 0.3) is 0 Å². The maximum atomic E-state index is 13.0. The molecule has 1 N–H and O–H groups in total. The van der Waals surface area contributed by atoms with Crippen molar-refractivity contribution < 1.29 is 18.7 Å². The number of hydrogen-bond acceptors (Lipinski definition) is 4. The Balaban J connectivity index is 1.96. The highest BCUT2D eigenvalue weighted by Crippen LogP contribution is 2.37. The standard InChI is InChI=1S/C14H17FN2O3S/c1-2-20-12(18)9-16-14(19)17-7-8-21-13(17)10-3-5-11(15)6-4-10/h3-6,13H,2,7-9H2,1H3,(H,16,19). The van der Waals surface area contributed by atoms with Gasteiger partial charge in [-0.25, -0.2) is 9.18 Å². The van der Waals surface area contributed by atoms with E-state index in [1.165, 1.54) is 12.1 Å². The van der Waals surface area contributed by atoms with Crippen LogP contribution in [0.5, 0.6) is 0 Å². The van der Waals surface area contributed by atoms with Crippen molar-refractivity contribution in [2.75, 3.05) is 25.4 Å². The number of halogens is 1. The third-order valence-electron chi connectivity index (χ3n) is 3.00. The molecule has 1 heterocycles. The van der Waals surface area contributed by atoms with Crippen molar-refractivity contribution in [1.29, 1.82) is 0 Å². The van der Waals surface area contributed by atoms with Gasteiger partial charge in [-0.15, -0.1) is 11.8 Å². The molecule has 1 atom stereocenters. The first kappa shape index (κ1) is 15.6. The summed E-state index contributed by atoms with van der Waals surface area (Å²) in [5.74, 6) is 0.0330. The molecule has 1 fully saturated rings. The first-order valence-corrected chi connectivity index (χ1v) is 7.74. The van der Waals surface area contributed by atoms with Crippen molar-refractivity contribution in [2.45, 2.75) is 12.3 Å². The SMILES string of the molecule is CCOC(=O)CNC(=O)N1CCSC1c1ccc(F)cc1. The van der Waals surface area contributed by atoms with Crippen LogP contribution in [0, 0.1) is 5.82 Å². The summed E-state index contributed by atoms with van der Waals surface area (Å²) >= 11 is 1.61. The lowest BCUT2D eigenvalue weighted by Crippen LogP contribution is -2.41. The summed E-state index contributed by atoms with van der Waals surface area (Å²) in [7, 11) is 0. The molecule has 5 nitrogen and oxygen atoms in total. The molecule has 21 heavy (non-hydrogen) atoms. The van der Waals surface area contributed by atoms with E-state index >= 15 is 0 Å². The molecular weight excluding hydrogens is 295 g/mol. The van der Waals surface area contributed by atoms with Crippen molar-refractivity contribution in [3.63, 3.8) is 0 Å². The number of nitrogens with one attached hydrogen (secondary N) is 1. The van der Waals surface area contributed by atoms with Gasteiger partial charge in [-0.05, 0) is 24.6 Å². The summed E-state index contributed by atoms with van der Waals surface area (Å²) in [6, 6.07) is 5.78. The van der Waals surface area contributed by atoms with E-state index in [0.29, 0.717) is 6.54 Å². The Labute approximate surface area is 126 Å². The summed E-state index contributed by atoms with van der Waals surface area (Å²) in [6.45, 7) is 2.43. The number of ether oxygens (including phenoxy) is 1. The molecule has 1 aliphatic rings. The van der Waals surface area contributed by atoms with Crippen molar-refractivity contribution in [3.05, 3.63) is 35.6 Å². The predicted octanol–water partition coefficient (Wildman–Crippen LogP) is 2.15. The third-order valence-corrected chi connectivity index (χ3v) is 4.26. The molecule has 1 unspecified atom stereocenters. The molecule has 0 spiro atoms. The summed E-state index contributed by atoms with van der Waals surface area (Å²) in [5.41, 5.74) is 0.866. The van der Waals surface area contributed by atoms with Gasteiger partial charge in [0.1, 0.15) is 17.7 Å². The molecule has 1 aromatic rings. The molecule has 2 amide bonds. The molecule has 0 radical (unpaired) electrons. The molecular formula is C14H17FN2O3S. The first-order chi connectivity index (χ1) is 10.1. The Morgan fingerprint density at radius 1 is 1.43 bits per heavy atom. The fourth-order valence-corrected chi connectivity index (χ4v) is 3.30. The van der Waals surface area contributed by atoms with Crippen molar-refractivity contribution in [3.8, 4) is 0 Å². The Morgan fingerprint density at radius 2 is 2.14 bits per heavy atom. The molecule has 2 rings (SSSR count). The monoisotopic (exact) mass is 312 g/mol. The molecule has 1 saturated heterocycles. The van der Waals surface area contributed by atoms with E-state index in [1.807, 2.05) is 0 Å². The molecule has 0 aromatic heterocycles. The quantitative estimate of drug-likeness (QED) is 0.866. The van der Waals surface area contributed by atoms with Crippen LogP contribution in [-0.4, -0.2) is 42.3 Å². The second-order valence-electron chi connectivity index (χ2n) is 4.43. The van der Waals surface area contributed by atoms with Gasteiger partial charge in [-0.3, -0.25) is 4.79 Å². The zero-order valence-electron chi connectivity index (χ0n) is 11.7. The summed E-state index contributed by atoms with van der Waals surface area (Å²) in [4.78, 5) is 25.0. The minimum Gasteiger partial charge on any atom is -0.465 e. The van der Waals surface area contributed by atoms with Crippen molar-refractivity contribution in [1.82, 2.24) is 10.2 Å². The minimum absolute atomic E-state index is 0.149. The van der Waals surface area contributed by atoms with Gasteiger partial charge >= 0.3 is 12.0 Å². The van der Waals surface area contributed by atoms with E-state index in [0.717, 1.165) is 11.3 Å². The Bertz CT molecular complexity index is 509. The summed E-state index contributed by atoms with van der Waals surface area (Å²) in [5, 5.41) is 2.39. The van der Waals surface area contributed by atoms with E-state index in [2.05, 4.69) is 5.32 Å². The zero-order chi connectivity index (χ0) is 15.2. The minimum atomic E-state index is -0.462. The van der Waals surface area contributed by atoms with Crippen LogP contribution < -0.4 is 5.32 Å². The van der Waals surface area contributed by atoms with E-state index in [9.17, 15) is 14.0 Å². The summed E-state index contributed by atoms with van der Waals surface area (Å²) < 4.78 is 17.7. The van der Waals surface area contributed by atoms with Crippen LogP contribution in [0.3, 0.4) is 0 Å². The zero-order valence-corrected chi connectivity index (χ0v) is 12.5. The lowest BCUT2D eigenvalue weighted by molar-refractivity contribution is -0.141. The van der Waals surface area contributed by atoms with Gasteiger partial charge in [0.15, 0.2) is 0 Å². The molecule has 7 heteroatoms. The number of rotatable bonds is 4. The van der Waals surface area contributed by atoms with Crippen LogP contribution in [0.15, 0.2) is 24.3 Å². The Hall–Kier alpha value is -1.76. The highest BCUT2D eigenvalue weighted by molar-refractivity contribution is 7.99.